The van der Waals surface area contributed by atoms with Crippen LogP contribution >= 0.6 is 23.4 Å². The highest BCUT2D eigenvalue weighted by atomic mass is 35.5. The van der Waals surface area contributed by atoms with Crippen LogP contribution in [0.2, 0.25) is 5.02 Å². The number of hydrogen-bond acceptors (Lipinski definition) is 3. The Morgan fingerprint density at radius 2 is 2.40 bits per heavy atom. The Morgan fingerprint density at radius 1 is 1.50 bits per heavy atom. The highest BCUT2D eigenvalue weighted by Crippen LogP contribution is 2.47. The molecule has 0 saturated carbocycles. The number of halogens is 1. The maximum atomic E-state index is 6.08. The number of aromatic nitrogens is 2. The van der Waals surface area contributed by atoms with E-state index in [0.29, 0.717) is 11.9 Å². The maximum Gasteiger partial charge on any atom is 0.0979 e. The van der Waals surface area contributed by atoms with Crippen molar-refractivity contribution in [2.45, 2.75) is 22.8 Å². The minimum absolute atomic E-state index is 0.0627. The van der Waals surface area contributed by atoms with E-state index in [0.717, 1.165) is 11.6 Å². The van der Waals surface area contributed by atoms with Crippen LogP contribution in [-0.4, -0.2) is 21.4 Å². The van der Waals surface area contributed by atoms with Gasteiger partial charge in [0.2, 0.25) is 0 Å². The van der Waals surface area contributed by atoms with Crippen molar-refractivity contribution in [3.8, 4) is 0 Å². The predicted molar refractivity (Wildman–Crippen MR) is 82.2 cm³/mol. The van der Waals surface area contributed by atoms with Gasteiger partial charge in [0.1, 0.15) is 0 Å². The minimum Gasteiger partial charge on any atom is -0.368 e. The van der Waals surface area contributed by atoms with Crippen LogP contribution in [0.5, 0.6) is 0 Å². The molecule has 0 spiro atoms. The molecule has 2 aromatic rings. The first-order valence-electron chi connectivity index (χ1n) is 6.42. The fourth-order valence-electron chi connectivity index (χ4n) is 2.37. The highest BCUT2D eigenvalue weighted by Gasteiger charge is 2.34. The molecule has 1 aromatic carbocycles. The summed E-state index contributed by atoms with van der Waals surface area (Å²) in [5.74, 6) is 0. The number of nitrogens with zero attached hydrogens (tertiary/aromatic N) is 2. The standard InChI is InChI=1S/C15H15ClN2OS/c1-2-7-19-15-12-4-3-11(16)8-13(12)20-14(15)9-18-6-5-17-10-18/h2-6,8,10,14-15H,1,7,9H2/t14-,15-/m0/s1. The van der Waals surface area contributed by atoms with Crippen LogP contribution in [0.25, 0.3) is 0 Å². The first-order chi connectivity index (χ1) is 9.78. The quantitative estimate of drug-likeness (QED) is 0.783. The normalized spacial score (nSPS) is 20.9. The molecular weight excluding hydrogens is 292 g/mol. The Hall–Kier alpha value is -1.23. The third-order valence-corrected chi connectivity index (χ3v) is 4.78. The summed E-state index contributed by atoms with van der Waals surface area (Å²) in [7, 11) is 0. The van der Waals surface area contributed by atoms with Gasteiger partial charge in [0.25, 0.3) is 0 Å². The summed E-state index contributed by atoms with van der Waals surface area (Å²) < 4.78 is 8.04. The van der Waals surface area contributed by atoms with Crippen LogP contribution in [0.3, 0.4) is 0 Å². The van der Waals surface area contributed by atoms with Crippen molar-refractivity contribution in [1.82, 2.24) is 9.55 Å². The number of rotatable bonds is 5. The SMILES string of the molecule is C=CCO[C@H]1c2ccc(Cl)cc2S[C@H]1Cn1ccnc1. The lowest BCUT2D eigenvalue weighted by Crippen LogP contribution is -2.19. The molecule has 3 rings (SSSR count). The van der Waals surface area contributed by atoms with Crippen LogP contribution in [0.1, 0.15) is 11.7 Å². The average molecular weight is 307 g/mol. The molecule has 0 fully saturated rings. The molecule has 0 radical (unpaired) electrons. The molecule has 5 heteroatoms. The highest BCUT2D eigenvalue weighted by molar-refractivity contribution is 8.00. The van der Waals surface area contributed by atoms with E-state index in [1.807, 2.05) is 36.4 Å². The zero-order chi connectivity index (χ0) is 13.9. The zero-order valence-corrected chi connectivity index (χ0v) is 12.5. The summed E-state index contributed by atoms with van der Waals surface area (Å²) in [5, 5.41) is 1.08. The third kappa shape index (κ3) is 2.77. The lowest BCUT2D eigenvalue weighted by molar-refractivity contribution is 0.0704. The summed E-state index contributed by atoms with van der Waals surface area (Å²) in [6.45, 7) is 5.13. The molecule has 0 aliphatic carbocycles. The molecule has 104 valence electrons. The van der Waals surface area contributed by atoms with Gasteiger partial charge >= 0.3 is 0 Å². The number of benzene rings is 1. The van der Waals surface area contributed by atoms with Crippen LogP contribution < -0.4 is 0 Å². The Labute approximate surface area is 127 Å². The smallest absolute Gasteiger partial charge is 0.0979 e. The van der Waals surface area contributed by atoms with Gasteiger partial charge in [-0.1, -0.05) is 23.7 Å². The molecule has 0 bridgehead atoms. The van der Waals surface area contributed by atoms with E-state index in [1.54, 1.807) is 12.3 Å². The van der Waals surface area contributed by atoms with Crippen LogP contribution in [0.4, 0.5) is 0 Å². The second kappa shape index (κ2) is 6.04. The van der Waals surface area contributed by atoms with Gasteiger partial charge < -0.3 is 9.30 Å². The largest absolute Gasteiger partial charge is 0.368 e. The van der Waals surface area contributed by atoms with Crippen molar-refractivity contribution in [3.05, 3.63) is 60.2 Å². The van der Waals surface area contributed by atoms with E-state index in [2.05, 4.69) is 22.2 Å². The summed E-state index contributed by atoms with van der Waals surface area (Å²) in [6, 6.07) is 6.00. The van der Waals surface area contributed by atoms with Crippen molar-refractivity contribution in [3.63, 3.8) is 0 Å². The second-order valence-electron chi connectivity index (χ2n) is 4.64. The van der Waals surface area contributed by atoms with E-state index < -0.39 is 0 Å². The summed E-state index contributed by atoms with van der Waals surface area (Å²) in [4.78, 5) is 5.30. The van der Waals surface area contributed by atoms with E-state index >= 15 is 0 Å². The van der Waals surface area contributed by atoms with E-state index in [9.17, 15) is 0 Å². The van der Waals surface area contributed by atoms with Crippen molar-refractivity contribution < 1.29 is 4.74 Å². The molecule has 0 unspecified atom stereocenters. The molecule has 2 heterocycles. The number of imidazole rings is 1. The fraction of sp³-hybridized carbons (Fsp3) is 0.267. The lowest BCUT2D eigenvalue weighted by atomic mass is 10.1. The van der Waals surface area contributed by atoms with Crippen molar-refractivity contribution in [2.75, 3.05) is 6.61 Å². The Balaban J connectivity index is 1.84. The van der Waals surface area contributed by atoms with E-state index in [4.69, 9.17) is 16.3 Å². The van der Waals surface area contributed by atoms with Gasteiger partial charge in [0.15, 0.2) is 0 Å². The first-order valence-corrected chi connectivity index (χ1v) is 7.68. The summed E-state index contributed by atoms with van der Waals surface area (Å²) in [5.41, 5.74) is 1.21. The maximum absolute atomic E-state index is 6.08. The first kappa shape index (κ1) is 13.7. The van der Waals surface area contributed by atoms with E-state index in [1.165, 1.54) is 10.5 Å². The Kier molecular flexibility index (Phi) is 4.15. The van der Waals surface area contributed by atoms with Gasteiger partial charge in [-0.2, -0.15) is 0 Å². The van der Waals surface area contributed by atoms with Crippen LogP contribution in [0, 0.1) is 0 Å². The van der Waals surface area contributed by atoms with Crippen molar-refractivity contribution >= 4 is 23.4 Å². The Bertz CT molecular complexity index is 600. The third-order valence-electron chi connectivity index (χ3n) is 3.24. The molecule has 1 aliphatic rings. The number of hydrogen-bond donors (Lipinski definition) is 0. The van der Waals surface area contributed by atoms with Crippen LogP contribution in [-0.2, 0) is 11.3 Å². The minimum atomic E-state index is 0.0627. The Morgan fingerprint density at radius 3 is 3.15 bits per heavy atom. The fourth-order valence-corrected chi connectivity index (χ4v) is 4.05. The van der Waals surface area contributed by atoms with Crippen molar-refractivity contribution in [1.29, 1.82) is 0 Å². The molecular formula is C15H15ClN2OS. The predicted octanol–water partition coefficient (Wildman–Crippen LogP) is 3.95. The molecule has 1 aliphatic heterocycles. The van der Waals surface area contributed by atoms with Gasteiger partial charge in [0, 0.05) is 28.9 Å². The zero-order valence-electron chi connectivity index (χ0n) is 10.9. The number of thioether (sulfide) groups is 1. The van der Waals surface area contributed by atoms with E-state index in [-0.39, 0.29) is 6.10 Å². The summed E-state index contributed by atoms with van der Waals surface area (Å²) in [6.07, 6.45) is 7.45. The average Bonchev–Trinajstić information content (AvgIpc) is 3.04. The molecule has 20 heavy (non-hydrogen) atoms. The van der Waals surface area contributed by atoms with Crippen LogP contribution in [0.15, 0.2) is 54.5 Å². The summed E-state index contributed by atoms with van der Waals surface area (Å²) >= 11 is 7.90. The van der Waals surface area contributed by atoms with Crippen molar-refractivity contribution in [2.24, 2.45) is 0 Å². The molecule has 0 amide bonds. The lowest BCUT2D eigenvalue weighted by Gasteiger charge is -2.20. The molecule has 3 nitrogen and oxygen atoms in total. The molecule has 1 aromatic heterocycles. The molecule has 0 N–H and O–H groups in total. The topological polar surface area (TPSA) is 27.1 Å². The molecule has 2 atom stereocenters. The number of fused-ring (bicyclic) bond motifs is 1. The van der Waals surface area contributed by atoms with Gasteiger partial charge in [-0.25, -0.2) is 4.98 Å². The second-order valence-corrected chi connectivity index (χ2v) is 6.36. The van der Waals surface area contributed by atoms with Gasteiger partial charge in [-0.05, 0) is 17.7 Å². The van der Waals surface area contributed by atoms with Gasteiger partial charge in [-0.15, -0.1) is 18.3 Å². The van der Waals surface area contributed by atoms with Gasteiger partial charge in [0.05, 0.1) is 24.3 Å². The molecule has 0 saturated heterocycles. The number of ether oxygens (including phenoxy) is 1. The van der Waals surface area contributed by atoms with Gasteiger partial charge in [-0.3, -0.25) is 0 Å². The monoisotopic (exact) mass is 306 g/mol.